The number of amides is 1. The standard InChI is InChI=1S/C22H28N2O5S/c1-22(21(25)23-15-17-8-5-4-6-9-17)12-7-13-24(16-22)30(26,27)20-14-18(28-2)10-11-19(20)29-3/h4-6,8-11,14H,7,12-13,15-16H2,1-3H3,(H,23,25). The molecule has 1 aliphatic heterocycles. The van der Waals surface area contributed by atoms with Gasteiger partial charge in [0.2, 0.25) is 15.9 Å². The van der Waals surface area contributed by atoms with Crippen LogP contribution in [0.25, 0.3) is 0 Å². The molecule has 0 aliphatic carbocycles. The Balaban J connectivity index is 1.80. The number of nitrogens with one attached hydrogen (secondary N) is 1. The van der Waals surface area contributed by atoms with Crippen LogP contribution in [0.2, 0.25) is 0 Å². The van der Waals surface area contributed by atoms with Crippen LogP contribution in [0.15, 0.2) is 53.4 Å². The lowest BCUT2D eigenvalue weighted by atomic mass is 9.82. The molecule has 2 aromatic carbocycles. The van der Waals surface area contributed by atoms with Gasteiger partial charge in [-0.25, -0.2) is 8.42 Å². The predicted molar refractivity (Wildman–Crippen MR) is 114 cm³/mol. The maximum absolute atomic E-state index is 13.4. The first-order valence-electron chi connectivity index (χ1n) is 9.84. The molecule has 0 aromatic heterocycles. The third kappa shape index (κ3) is 4.60. The molecule has 0 radical (unpaired) electrons. The van der Waals surface area contributed by atoms with Gasteiger partial charge in [0.25, 0.3) is 0 Å². The minimum absolute atomic E-state index is 0.0401. The van der Waals surface area contributed by atoms with Crippen LogP contribution in [-0.2, 0) is 21.4 Å². The molecule has 7 nitrogen and oxygen atoms in total. The molecule has 0 spiro atoms. The van der Waals surface area contributed by atoms with Gasteiger partial charge in [-0.2, -0.15) is 4.31 Å². The van der Waals surface area contributed by atoms with Crippen molar-refractivity contribution in [3.63, 3.8) is 0 Å². The quantitative estimate of drug-likeness (QED) is 0.727. The lowest BCUT2D eigenvalue weighted by Crippen LogP contribution is -2.51. The van der Waals surface area contributed by atoms with Crippen LogP contribution in [0.4, 0.5) is 0 Å². The second-order valence-electron chi connectivity index (χ2n) is 7.69. The summed E-state index contributed by atoms with van der Waals surface area (Å²) in [6, 6.07) is 14.3. The van der Waals surface area contributed by atoms with Crippen LogP contribution in [0, 0.1) is 5.41 Å². The van der Waals surface area contributed by atoms with Gasteiger partial charge < -0.3 is 14.8 Å². The number of carbonyl (C=O) groups is 1. The van der Waals surface area contributed by atoms with Gasteiger partial charge in [-0.1, -0.05) is 30.3 Å². The molecular weight excluding hydrogens is 404 g/mol. The van der Waals surface area contributed by atoms with Crippen molar-refractivity contribution in [3.8, 4) is 11.5 Å². The van der Waals surface area contributed by atoms with E-state index in [0.29, 0.717) is 31.7 Å². The predicted octanol–water partition coefficient (Wildman–Crippen LogP) is 2.81. The zero-order chi connectivity index (χ0) is 21.8. The van der Waals surface area contributed by atoms with E-state index in [4.69, 9.17) is 9.47 Å². The summed E-state index contributed by atoms with van der Waals surface area (Å²) in [6.45, 7) is 2.68. The van der Waals surface area contributed by atoms with Crippen LogP contribution in [0.1, 0.15) is 25.3 Å². The van der Waals surface area contributed by atoms with Crippen molar-refractivity contribution in [2.75, 3.05) is 27.3 Å². The molecule has 1 heterocycles. The Bertz CT molecular complexity index is 994. The second-order valence-corrected chi connectivity index (χ2v) is 9.59. The molecule has 1 aliphatic rings. The molecule has 2 aromatic rings. The summed E-state index contributed by atoms with van der Waals surface area (Å²) in [5, 5.41) is 2.96. The smallest absolute Gasteiger partial charge is 0.246 e. The first-order chi connectivity index (χ1) is 14.3. The van der Waals surface area contributed by atoms with Gasteiger partial charge in [0.05, 0.1) is 19.6 Å². The molecule has 1 fully saturated rings. The van der Waals surface area contributed by atoms with Crippen molar-refractivity contribution in [1.82, 2.24) is 9.62 Å². The Hall–Kier alpha value is -2.58. The van der Waals surface area contributed by atoms with E-state index in [9.17, 15) is 13.2 Å². The number of nitrogens with zero attached hydrogens (tertiary/aromatic N) is 1. The minimum Gasteiger partial charge on any atom is -0.497 e. The number of methoxy groups -OCH3 is 2. The number of rotatable bonds is 7. The minimum atomic E-state index is -3.86. The van der Waals surface area contributed by atoms with Crippen molar-refractivity contribution in [2.45, 2.75) is 31.2 Å². The van der Waals surface area contributed by atoms with E-state index in [1.165, 1.54) is 24.6 Å². The fourth-order valence-corrected chi connectivity index (χ4v) is 5.47. The van der Waals surface area contributed by atoms with E-state index < -0.39 is 15.4 Å². The van der Waals surface area contributed by atoms with Crippen molar-refractivity contribution >= 4 is 15.9 Å². The summed E-state index contributed by atoms with van der Waals surface area (Å²) in [7, 11) is -0.953. The highest BCUT2D eigenvalue weighted by molar-refractivity contribution is 7.89. The number of benzene rings is 2. The lowest BCUT2D eigenvalue weighted by molar-refractivity contribution is -0.132. The van der Waals surface area contributed by atoms with Gasteiger partial charge in [-0.05, 0) is 37.5 Å². The monoisotopic (exact) mass is 432 g/mol. The molecule has 30 heavy (non-hydrogen) atoms. The summed E-state index contributed by atoms with van der Waals surface area (Å²) in [6.07, 6.45) is 1.22. The number of hydrogen-bond acceptors (Lipinski definition) is 5. The van der Waals surface area contributed by atoms with Crippen LogP contribution in [0.5, 0.6) is 11.5 Å². The normalized spacial score (nSPS) is 19.8. The average molecular weight is 433 g/mol. The number of piperidine rings is 1. The second kappa shape index (κ2) is 9.06. The molecule has 8 heteroatoms. The largest absolute Gasteiger partial charge is 0.497 e. The first-order valence-corrected chi connectivity index (χ1v) is 11.3. The van der Waals surface area contributed by atoms with E-state index in [-0.39, 0.29) is 23.1 Å². The summed E-state index contributed by atoms with van der Waals surface area (Å²) in [5.41, 5.74) is 0.183. The van der Waals surface area contributed by atoms with Crippen molar-refractivity contribution in [3.05, 3.63) is 54.1 Å². The van der Waals surface area contributed by atoms with E-state index in [1.807, 2.05) is 37.3 Å². The molecule has 0 saturated carbocycles. The summed E-state index contributed by atoms with van der Waals surface area (Å²) >= 11 is 0. The Morgan fingerprint density at radius 3 is 2.53 bits per heavy atom. The molecule has 162 valence electrons. The zero-order valence-electron chi connectivity index (χ0n) is 17.6. The van der Waals surface area contributed by atoms with Crippen LogP contribution in [0.3, 0.4) is 0 Å². The molecule has 0 bridgehead atoms. The molecule has 1 unspecified atom stereocenters. The van der Waals surface area contributed by atoms with E-state index in [1.54, 1.807) is 12.1 Å². The average Bonchev–Trinajstić information content (AvgIpc) is 2.77. The molecule has 1 saturated heterocycles. The number of ether oxygens (including phenoxy) is 2. The van der Waals surface area contributed by atoms with Crippen molar-refractivity contribution < 1.29 is 22.7 Å². The maximum atomic E-state index is 13.4. The Kier molecular flexibility index (Phi) is 6.67. The van der Waals surface area contributed by atoms with Crippen LogP contribution in [-0.4, -0.2) is 45.9 Å². The highest BCUT2D eigenvalue weighted by Gasteiger charge is 2.42. The topological polar surface area (TPSA) is 84.9 Å². The summed E-state index contributed by atoms with van der Waals surface area (Å²) in [5.74, 6) is 0.523. The molecule has 1 N–H and O–H groups in total. The van der Waals surface area contributed by atoms with Gasteiger partial charge in [0, 0.05) is 25.7 Å². The summed E-state index contributed by atoms with van der Waals surface area (Å²) in [4.78, 5) is 13.0. The van der Waals surface area contributed by atoms with E-state index in [2.05, 4.69) is 5.32 Å². The highest BCUT2D eigenvalue weighted by Crippen LogP contribution is 2.36. The zero-order valence-corrected chi connectivity index (χ0v) is 18.4. The van der Waals surface area contributed by atoms with Gasteiger partial charge in [-0.15, -0.1) is 0 Å². The lowest BCUT2D eigenvalue weighted by Gasteiger charge is -2.38. The third-order valence-electron chi connectivity index (χ3n) is 5.49. The molecule has 3 rings (SSSR count). The molecule has 1 atom stereocenters. The Labute approximate surface area is 178 Å². The number of sulfonamides is 1. The maximum Gasteiger partial charge on any atom is 0.246 e. The number of hydrogen-bond donors (Lipinski definition) is 1. The van der Waals surface area contributed by atoms with Crippen LogP contribution < -0.4 is 14.8 Å². The first kappa shape index (κ1) is 22.1. The highest BCUT2D eigenvalue weighted by atomic mass is 32.2. The SMILES string of the molecule is COc1ccc(OC)c(S(=O)(=O)N2CCCC(C)(C(=O)NCc3ccccc3)C2)c1. The van der Waals surface area contributed by atoms with Gasteiger partial charge in [-0.3, -0.25) is 4.79 Å². The van der Waals surface area contributed by atoms with Crippen molar-refractivity contribution in [2.24, 2.45) is 5.41 Å². The Morgan fingerprint density at radius 2 is 1.87 bits per heavy atom. The number of carbonyl (C=O) groups excluding carboxylic acids is 1. The third-order valence-corrected chi connectivity index (χ3v) is 7.36. The van der Waals surface area contributed by atoms with Crippen molar-refractivity contribution in [1.29, 1.82) is 0 Å². The molecular formula is C22H28N2O5S. The van der Waals surface area contributed by atoms with Gasteiger partial charge >= 0.3 is 0 Å². The fourth-order valence-electron chi connectivity index (χ4n) is 3.70. The van der Waals surface area contributed by atoms with E-state index in [0.717, 1.165) is 5.56 Å². The fraction of sp³-hybridized carbons (Fsp3) is 0.409. The van der Waals surface area contributed by atoms with E-state index >= 15 is 0 Å². The van der Waals surface area contributed by atoms with Gasteiger partial charge in [0.15, 0.2) is 0 Å². The van der Waals surface area contributed by atoms with Gasteiger partial charge in [0.1, 0.15) is 16.4 Å². The Morgan fingerprint density at radius 1 is 1.13 bits per heavy atom. The van der Waals surface area contributed by atoms with Crippen LogP contribution >= 0.6 is 0 Å². The molecule has 1 amide bonds. The summed E-state index contributed by atoms with van der Waals surface area (Å²) < 4.78 is 38.6.